The van der Waals surface area contributed by atoms with Gasteiger partial charge in [-0.2, -0.15) is 13.2 Å². The van der Waals surface area contributed by atoms with Gasteiger partial charge in [-0.3, -0.25) is 4.79 Å². The highest BCUT2D eigenvalue weighted by atomic mass is 32.2. The van der Waals surface area contributed by atoms with Crippen LogP contribution in [0, 0.1) is 5.92 Å². The van der Waals surface area contributed by atoms with Crippen molar-refractivity contribution in [2.75, 3.05) is 18.1 Å². The second kappa shape index (κ2) is 6.30. The Morgan fingerprint density at radius 3 is 2.52 bits per heavy atom. The molecule has 1 amide bonds. The molecule has 0 aromatic heterocycles. The van der Waals surface area contributed by atoms with Crippen LogP contribution in [-0.4, -0.2) is 43.3 Å². The first-order valence-electron chi connectivity index (χ1n) is 8.31. The van der Waals surface area contributed by atoms with Gasteiger partial charge in [-0.25, -0.2) is 8.42 Å². The number of rotatable bonds is 4. The van der Waals surface area contributed by atoms with Crippen molar-refractivity contribution in [1.82, 2.24) is 4.90 Å². The number of sulfone groups is 1. The Kier molecular flexibility index (Phi) is 4.59. The van der Waals surface area contributed by atoms with Gasteiger partial charge in [0.05, 0.1) is 17.1 Å². The number of hydrogen-bond donors (Lipinski definition) is 0. The van der Waals surface area contributed by atoms with Crippen LogP contribution >= 0.6 is 0 Å². The molecule has 0 unspecified atom stereocenters. The molecule has 8 heteroatoms. The van der Waals surface area contributed by atoms with Crippen LogP contribution in [-0.2, 0) is 20.8 Å². The molecule has 3 rings (SSSR count). The maximum absolute atomic E-state index is 13.2. The Hall–Kier alpha value is -1.57. The van der Waals surface area contributed by atoms with Gasteiger partial charge in [0, 0.05) is 18.5 Å². The maximum atomic E-state index is 13.2. The number of carbonyl (C=O) groups is 1. The Balaban J connectivity index is 1.76. The van der Waals surface area contributed by atoms with Crippen LogP contribution in [0.5, 0.6) is 0 Å². The van der Waals surface area contributed by atoms with Gasteiger partial charge in [0.1, 0.15) is 0 Å². The monoisotopic (exact) mass is 375 g/mol. The molecule has 3 atom stereocenters. The van der Waals surface area contributed by atoms with Gasteiger partial charge >= 0.3 is 6.18 Å². The summed E-state index contributed by atoms with van der Waals surface area (Å²) in [6, 6.07) is 4.99. The van der Waals surface area contributed by atoms with E-state index in [1.165, 1.54) is 17.0 Å². The van der Waals surface area contributed by atoms with Crippen molar-refractivity contribution in [3.05, 3.63) is 35.4 Å². The lowest BCUT2D eigenvalue weighted by Crippen LogP contribution is -2.42. The van der Waals surface area contributed by atoms with E-state index in [1.54, 1.807) is 13.0 Å². The van der Waals surface area contributed by atoms with Crippen LogP contribution in [0.4, 0.5) is 13.2 Å². The quantitative estimate of drug-likeness (QED) is 0.813. The summed E-state index contributed by atoms with van der Waals surface area (Å²) < 4.78 is 62.8. The lowest BCUT2D eigenvalue weighted by Gasteiger charge is -2.27. The molecule has 1 aromatic carbocycles. The molecule has 1 saturated carbocycles. The molecule has 1 aliphatic heterocycles. The van der Waals surface area contributed by atoms with Gasteiger partial charge in [-0.05, 0) is 37.3 Å². The minimum Gasteiger partial charge on any atom is -0.339 e. The van der Waals surface area contributed by atoms with E-state index in [0.717, 1.165) is 6.07 Å². The van der Waals surface area contributed by atoms with E-state index >= 15 is 0 Å². The topological polar surface area (TPSA) is 54.5 Å². The average molecular weight is 375 g/mol. The van der Waals surface area contributed by atoms with Gasteiger partial charge in [0.2, 0.25) is 5.91 Å². The summed E-state index contributed by atoms with van der Waals surface area (Å²) in [5, 5.41) is 0. The normalized spacial score (nSPS) is 27.9. The summed E-state index contributed by atoms with van der Waals surface area (Å²) in [5.74, 6) is -1.16. The van der Waals surface area contributed by atoms with Crippen LogP contribution in [0.25, 0.3) is 0 Å². The zero-order valence-electron chi connectivity index (χ0n) is 13.8. The molecule has 0 radical (unpaired) electrons. The molecule has 1 saturated heterocycles. The zero-order valence-corrected chi connectivity index (χ0v) is 14.6. The maximum Gasteiger partial charge on any atom is 0.416 e. The number of amides is 1. The third kappa shape index (κ3) is 3.68. The third-order valence-corrected chi connectivity index (χ3v) is 6.80. The number of alkyl halides is 3. The molecule has 138 valence electrons. The van der Waals surface area contributed by atoms with Crippen molar-refractivity contribution in [2.24, 2.45) is 5.92 Å². The number of hydrogen-bond acceptors (Lipinski definition) is 3. The first kappa shape index (κ1) is 18.2. The predicted octanol–water partition coefficient (Wildman–Crippen LogP) is 2.84. The summed E-state index contributed by atoms with van der Waals surface area (Å²) in [4.78, 5) is 14.3. The summed E-state index contributed by atoms with van der Waals surface area (Å²) in [5.41, 5.74) is -0.537. The van der Waals surface area contributed by atoms with Crippen LogP contribution in [0.2, 0.25) is 0 Å². The van der Waals surface area contributed by atoms with E-state index < -0.39 is 33.4 Å². The lowest BCUT2D eigenvalue weighted by molar-refractivity contribution is -0.139. The lowest BCUT2D eigenvalue weighted by atomic mass is 10.0. The van der Waals surface area contributed by atoms with Crippen LogP contribution in [0.15, 0.2) is 24.3 Å². The molecular weight excluding hydrogens is 355 g/mol. The second-order valence-corrected chi connectivity index (χ2v) is 8.94. The Bertz CT molecular complexity index is 776. The SMILES string of the molecule is CCN(C(=O)[C@@H]1C[C@@H]1c1ccccc1C(F)(F)F)[C@H]1CCS(=O)(=O)C1. The van der Waals surface area contributed by atoms with Gasteiger partial charge < -0.3 is 4.90 Å². The van der Waals surface area contributed by atoms with Crippen LogP contribution < -0.4 is 0 Å². The van der Waals surface area contributed by atoms with Crippen molar-refractivity contribution in [3.8, 4) is 0 Å². The van der Waals surface area contributed by atoms with Gasteiger partial charge in [-0.15, -0.1) is 0 Å². The van der Waals surface area contributed by atoms with Crippen molar-refractivity contribution in [2.45, 2.75) is 37.9 Å². The molecular formula is C17H20F3NO3S. The molecule has 1 aliphatic carbocycles. The highest BCUT2D eigenvalue weighted by Crippen LogP contribution is 2.52. The predicted molar refractivity (Wildman–Crippen MR) is 86.7 cm³/mol. The van der Waals surface area contributed by atoms with Gasteiger partial charge in [0.25, 0.3) is 0 Å². The van der Waals surface area contributed by atoms with E-state index in [4.69, 9.17) is 0 Å². The molecule has 1 aromatic rings. The fraction of sp³-hybridized carbons (Fsp3) is 0.588. The van der Waals surface area contributed by atoms with E-state index in [2.05, 4.69) is 0 Å². The summed E-state index contributed by atoms with van der Waals surface area (Å²) >= 11 is 0. The largest absolute Gasteiger partial charge is 0.416 e. The summed E-state index contributed by atoms with van der Waals surface area (Å²) in [7, 11) is -3.12. The highest BCUT2D eigenvalue weighted by molar-refractivity contribution is 7.91. The minimum atomic E-state index is -4.45. The first-order chi connectivity index (χ1) is 11.6. The highest BCUT2D eigenvalue weighted by Gasteiger charge is 2.50. The fourth-order valence-electron chi connectivity index (χ4n) is 3.72. The molecule has 4 nitrogen and oxygen atoms in total. The zero-order chi connectivity index (χ0) is 18.4. The standard InChI is InChI=1S/C17H20F3NO3S/c1-2-21(11-7-8-25(23,24)10-11)16(22)14-9-13(14)12-5-3-4-6-15(12)17(18,19)20/h3-6,11,13-14H,2,7-10H2,1H3/t11-,13+,14+/m0/s1. The smallest absolute Gasteiger partial charge is 0.339 e. The number of nitrogens with zero attached hydrogens (tertiary/aromatic N) is 1. The summed E-state index contributed by atoms with van der Waals surface area (Å²) in [6.45, 7) is 2.13. The fourth-order valence-corrected chi connectivity index (χ4v) is 5.45. The first-order valence-corrected chi connectivity index (χ1v) is 10.1. The van der Waals surface area contributed by atoms with Crippen molar-refractivity contribution >= 4 is 15.7 Å². The van der Waals surface area contributed by atoms with Crippen LogP contribution in [0.1, 0.15) is 36.8 Å². The molecule has 2 aliphatic rings. The van der Waals surface area contributed by atoms with Gasteiger partial charge in [0.15, 0.2) is 9.84 Å². The Labute approximate surface area is 144 Å². The molecule has 25 heavy (non-hydrogen) atoms. The number of halogens is 3. The van der Waals surface area contributed by atoms with Gasteiger partial charge in [-0.1, -0.05) is 18.2 Å². The third-order valence-electron chi connectivity index (χ3n) is 5.05. The van der Waals surface area contributed by atoms with Crippen molar-refractivity contribution in [1.29, 1.82) is 0 Å². The molecule has 0 bridgehead atoms. The molecule has 0 N–H and O–H groups in total. The molecule has 1 heterocycles. The van der Waals surface area contributed by atoms with E-state index in [1.807, 2.05) is 0 Å². The van der Waals surface area contributed by atoms with Crippen molar-refractivity contribution < 1.29 is 26.4 Å². The number of benzene rings is 1. The molecule has 0 spiro atoms. The van der Waals surface area contributed by atoms with E-state index in [0.29, 0.717) is 19.4 Å². The Morgan fingerprint density at radius 2 is 1.96 bits per heavy atom. The number of carbonyl (C=O) groups excluding carboxylic acids is 1. The molecule has 2 fully saturated rings. The minimum absolute atomic E-state index is 0.0525. The average Bonchev–Trinajstić information content (AvgIpc) is 3.25. The van der Waals surface area contributed by atoms with Crippen LogP contribution in [0.3, 0.4) is 0 Å². The summed E-state index contributed by atoms with van der Waals surface area (Å²) in [6.07, 6.45) is -3.67. The second-order valence-electron chi connectivity index (χ2n) is 6.71. The van der Waals surface area contributed by atoms with E-state index in [-0.39, 0.29) is 29.0 Å². The Morgan fingerprint density at radius 1 is 1.28 bits per heavy atom. The van der Waals surface area contributed by atoms with E-state index in [9.17, 15) is 26.4 Å². The van der Waals surface area contributed by atoms with Crippen molar-refractivity contribution in [3.63, 3.8) is 0 Å².